The van der Waals surface area contributed by atoms with Crippen LogP contribution in [-0.4, -0.2) is 13.6 Å². The Hall–Kier alpha value is 0.140. The fourth-order valence-electron chi connectivity index (χ4n) is 1.72. The van der Waals surface area contributed by atoms with Crippen molar-refractivity contribution in [1.29, 1.82) is 0 Å². The van der Waals surface area contributed by atoms with E-state index in [1.54, 1.807) is 0 Å². The minimum Gasteiger partial charge on any atom is -0.319 e. The summed E-state index contributed by atoms with van der Waals surface area (Å²) in [6.07, 6.45) is 1.15. The molecule has 0 aliphatic carbocycles. The summed E-state index contributed by atoms with van der Waals surface area (Å²) in [4.78, 5) is 1.47. The highest BCUT2D eigenvalue weighted by Crippen LogP contribution is 2.34. The molecule has 15 heavy (non-hydrogen) atoms. The van der Waals surface area contributed by atoms with E-state index in [-0.39, 0.29) is 0 Å². The molecule has 1 nitrogen and oxygen atoms in total. The number of halogens is 1. The molecule has 0 aliphatic heterocycles. The Morgan fingerprint density at radius 1 is 1.47 bits per heavy atom. The first-order chi connectivity index (χ1) is 6.98. The highest BCUT2D eigenvalue weighted by molar-refractivity contribution is 9.11. The molecule has 0 bridgehead atoms. The van der Waals surface area contributed by atoms with Crippen molar-refractivity contribution in [3.63, 3.8) is 0 Å². The Morgan fingerprint density at radius 3 is 2.53 bits per heavy atom. The predicted octanol–water partition coefficient (Wildman–Crippen LogP) is 3.93. The molecule has 0 fully saturated rings. The quantitative estimate of drug-likeness (QED) is 0.866. The van der Waals surface area contributed by atoms with Gasteiger partial charge in [0.1, 0.15) is 0 Å². The largest absolute Gasteiger partial charge is 0.319 e. The van der Waals surface area contributed by atoms with Crippen LogP contribution in [-0.2, 0) is 6.42 Å². The summed E-state index contributed by atoms with van der Waals surface area (Å²) < 4.78 is 1.23. The first kappa shape index (κ1) is 13.2. The standard InChI is InChI=1S/C12H20BrNS/c1-9(2)12(3,8-14-4)7-10-5-6-11(13)15-10/h5-6,9,14H,7-8H2,1-4H3. The van der Waals surface area contributed by atoms with Crippen molar-refractivity contribution in [1.82, 2.24) is 5.32 Å². The summed E-state index contributed by atoms with van der Waals surface area (Å²) in [6, 6.07) is 4.37. The normalized spacial score (nSPS) is 15.6. The third-order valence-corrected chi connectivity index (χ3v) is 4.81. The predicted molar refractivity (Wildman–Crippen MR) is 72.6 cm³/mol. The van der Waals surface area contributed by atoms with Crippen LogP contribution >= 0.6 is 27.3 Å². The summed E-state index contributed by atoms with van der Waals surface area (Å²) >= 11 is 5.37. The molecule has 0 radical (unpaired) electrons. The molecule has 3 heteroatoms. The second-order valence-corrected chi connectivity index (χ2v) is 7.27. The molecule has 1 N–H and O–H groups in total. The number of hydrogen-bond donors (Lipinski definition) is 1. The number of thiophene rings is 1. The van der Waals surface area contributed by atoms with Crippen molar-refractivity contribution >= 4 is 27.3 Å². The van der Waals surface area contributed by atoms with Gasteiger partial charge in [0.05, 0.1) is 3.79 Å². The Morgan fingerprint density at radius 2 is 2.13 bits per heavy atom. The molecule has 0 saturated carbocycles. The van der Waals surface area contributed by atoms with Crippen molar-refractivity contribution in [2.45, 2.75) is 27.2 Å². The molecule has 1 aromatic heterocycles. The number of nitrogens with one attached hydrogen (secondary N) is 1. The van der Waals surface area contributed by atoms with Crippen molar-refractivity contribution in [3.8, 4) is 0 Å². The van der Waals surface area contributed by atoms with Gasteiger partial charge in [0, 0.05) is 11.4 Å². The third-order valence-electron chi connectivity index (χ3n) is 3.18. The van der Waals surface area contributed by atoms with Gasteiger partial charge in [-0.05, 0) is 52.9 Å². The van der Waals surface area contributed by atoms with E-state index in [1.807, 2.05) is 18.4 Å². The van der Waals surface area contributed by atoms with E-state index < -0.39 is 0 Å². The van der Waals surface area contributed by atoms with E-state index in [1.165, 1.54) is 8.66 Å². The second kappa shape index (κ2) is 5.46. The second-order valence-electron chi connectivity index (χ2n) is 4.72. The maximum absolute atomic E-state index is 3.52. The molecule has 1 aromatic rings. The highest BCUT2D eigenvalue weighted by Gasteiger charge is 2.28. The molecule has 0 amide bonds. The molecule has 86 valence electrons. The first-order valence-corrected chi connectivity index (χ1v) is 6.97. The van der Waals surface area contributed by atoms with Crippen LogP contribution in [0.5, 0.6) is 0 Å². The molecule has 0 aliphatic rings. The zero-order valence-electron chi connectivity index (χ0n) is 9.93. The SMILES string of the molecule is CNCC(C)(Cc1ccc(Br)s1)C(C)C. The molecule has 1 unspecified atom stereocenters. The number of hydrogen-bond acceptors (Lipinski definition) is 2. The lowest BCUT2D eigenvalue weighted by atomic mass is 9.76. The summed E-state index contributed by atoms with van der Waals surface area (Å²) in [5, 5.41) is 3.31. The van der Waals surface area contributed by atoms with Gasteiger partial charge < -0.3 is 5.32 Å². The molecular weight excluding hydrogens is 270 g/mol. The smallest absolute Gasteiger partial charge is 0.0701 e. The lowest BCUT2D eigenvalue weighted by Crippen LogP contribution is -2.36. The summed E-state index contributed by atoms with van der Waals surface area (Å²) in [6.45, 7) is 8.04. The minimum atomic E-state index is 0.346. The monoisotopic (exact) mass is 289 g/mol. The van der Waals surface area contributed by atoms with Crippen LogP contribution in [0.3, 0.4) is 0 Å². The van der Waals surface area contributed by atoms with Crippen LogP contribution in [0.2, 0.25) is 0 Å². The molecule has 0 saturated heterocycles. The van der Waals surface area contributed by atoms with Gasteiger partial charge in [0.25, 0.3) is 0 Å². The lowest BCUT2D eigenvalue weighted by molar-refractivity contribution is 0.214. The summed E-state index contributed by atoms with van der Waals surface area (Å²) in [5.74, 6) is 0.686. The van der Waals surface area contributed by atoms with Crippen LogP contribution in [0.1, 0.15) is 25.6 Å². The van der Waals surface area contributed by atoms with E-state index >= 15 is 0 Å². The Labute approximate surface area is 105 Å². The van der Waals surface area contributed by atoms with Gasteiger partial charge in [-0.3, -0.25) is 0 Å². The topological polar surface area (TPSA) is 12.0 Å². The van der Waals surface area contributed by atoms with Crippen LogP contribution in [0.15, 0.2) is 15.9 Å². The summed E-state index contributed by atoms with van der Waals surface area (Å²) in [7, 11) is 2.03. The molecule has 0 aromatic carbocycles. The van der Waals surface area contributed by atoms with Crippen LogP contribution < -0.4 is 5.32 Å². The number of rotatable bonds is 5. The van der Waals surface area contributed by atoms with Crippen LogP contribution in [0, 0.1) is 11.3 Å². The molecular formula is C12H20BrNS. The van der Waals surface area contributed by atoms with Crippen molar-refractivity contribution in [3.05, 3.63) is 20.8 Å². The molecule has 1 atom stereocenters. The Balaban J connectivity index is 2.74. The van der Waals surface area contributed by atoms with Gasteiger partial charge in [-0.1, -0.05) is 20.8 Å². The average Bonchev–Trinajstić information content (AvgIpc) is 2.51. The van der Waals surface area contributed by atoms with Gasteiger partial charge in [-0.15, -0.1) is 11.3 Å². The first-order valence-electron chi connectivity index (χ1n) is 5.37. The van der Waals surface area contributed by atoms with Gasteiger partial charge in [0.15, 0.2) is 0 Å². The van der Waals surface area contributed by atoms with E-state index in [9.17, 15) is 0 Å². The van der Waals surface area contributed by atoms with E-state index in [4.69, 9.17) is 0 Å². The lowest BCUT2D eigenvalue weighted by Gasteiger charge is -2.33. The van der Waals surface area contributed by atoms with Crippen molar-refractivity contribution in [2.24, 2.45) is 11.3 Å². The fourth-order valence-corrected chi connectivity index (χ4v) is 3.40. The van der Waals surface area contributed by atoms with Crippen molar-refractivity contribution < 1.29 is 0 Å². The molecule has 1 heterocycles. The van der Waals surface area contributed by atoms with Crippen LogP contribution in [0.25, 0.3) is 0 Å². The maximum Gasteiger partial charge on any atom is 0.0701 e. The van der Waals surface area contributed by atoms with E-state index in [2.05, 4.69) is 54.2 Å². The molecule has 1 rings (SSSR count). The zero-order valence-corrected chi connectivity index (χ0v) is 12.3. The van der Waals surface area contributed by atoms with E-state index in [0.717, 1.165) is 13.0 Å². The maximum atomic E-state index is 3.52. The minimum absolute atomic E-state index is 0.346. The van der Waals surface area contributed by atoms with Crippen LogP contribution in [0.4, 0.5) is 0 Å². The van der Waals surface area contributed by atoms with Gasteiger partial charge in [0.2, 0.25) is 0 Å². The van der Waals surface area contributed by atoms with Gasteiger partial charge in [-0.25, -0.2) is 0 Å². The fraction of sp³-hybridized carbons (Fsp3) is 0.667. The zero-order chi connectivity index (χ0) is 11.5. The van der Waals surface area contributed by atoms with Gasteiger partial charge >= 0.3 is 0 Å². The third kappa shape index (κ3) is 3.58. The molecule has 0 spiro atoms. The highest BCUT2D eigenvalue weighted by atomic mass is 79.9. The summed E-state index contributed by atoms with van der Waals surface area (Å²) in [5.41, 5.74) is 0.346. The Bertz CT molecular complexity index is 308. The Kier molecular flexibility index (Phi) is 4.81. The average molecular weight is 290 g/mol. The van der Waals surface area contributed by atoms with Crippen molar-refractivity contribution in [2.75, 3.05) is 13.6 Å². The van der Waals surface area contributed by atoms with Gasteiger partial charge in [-0.2, -0.15) is 0 Å². The van der Waals surface area contributed by atoms with E-state index in [0.29, 0.717) is 11.3 Å².